The van der Waals surface area contributed by atoms with Crippen LogP contribution in [0.2, 0.25) is 0 Å². The Morgan fingerprint density at radius 3 is 2.87 bits per heavy atom. The Hall–Kier alpha value is -1.52. The van der Waals surface area contributed by atoms with Gasteiger partial charge in [-0.2, -0.15) is 5.10 Å². The molecule has 2 aliphatic rings. The summed E-state index contributed by atoms with van der Waals surface area (Å²) in [5.74, 6) is 1.80. The Morgan fingerprint density at radius 1 is 1.43 bits per heavy atom. The molecule has 128 valence electrons. The first kappa shape index (κ1) is 16.3. The third kappa shape index (κ3) is 4.06. The third-order valence-corrected chi connectivity index (χ3v) is 5.56. The lowest BCUT2D eigenvalue weighted by atomic mass is 9.89. The van der Waals surface area contributed by atoms with E-state index >= 15 is 0 Å². The van der Waals surface area contributed by atoms with Crippen molar-refractivity contribution in [3.63, 3.8) is 0 Å². The van der Waals surface area contributed by atoms with E-state index in [-0.39, 0.29) is 0 Å². The van der Waals surface area contributed by atoms with Gasteiger partial charge in [-0.1, -0.05) is 19.8 Å². The number of hydrogen-bond donors (Lipinski definition) is 1. The molecule has 1 unspecified atom stereocenters. The molecule has 1 aliphatic heterocycles. The van der Waals surface area contributed by atoms with E-state index in [1.54, 1.807) is 0 Å². The van der Waals surface area contributed by atoms with Crippen LogP contribution in [-0.4, -0.2) is 47.3 Å². The van der Waals surface area contributed by atoms with E-state index < -0.39 is 0 Å². The van der Waals surface area contributed by atoms with Crippen LogP contribution < -0.4 is 5.32 Å². The van der Waals surface area contributed by atoms with Crippen molar-refractivity contribution >= 4 is 5.96 Å². The topological polar surface area (TPSA) is 45.5 Å². The molecule has 0 aromatic carbocycles. The molecule has 1 atom stereocenters. The summed E-state index contributed by atoms with van der Waals surface area (Å²) in [5, 5.41) is 7.92. The quantitative estimate of drug-likeness (QED) is 0.685. The smallest absolute Gasteiger partial charge is 0.193 e. The van der Waals surface area contributed by atoms with Crippen molar-refractivity contribution in [2.45, 2.75) is 45.4 Å². The second-order valence-corrected chi connectivity index (χ2v) is 7.75. The minimum absolute atomic E-state index is 0.463. The maximum atomic E-state index is 4.52. The van der Waals surface area contributed by atoms with Crippen LogP contribution in [0.3, 0.4) is 0 Å². The average Bonchev–Trinajstić information content (AvgIpc) is 3.24. The van der Waals surface area contributed by atoms with Crippen molar-refractivity contribution in [1.29, 1.82) is 0 Å². The van der Waals surface area contributed by atoms with Crippen molar-refractivity contribution in [3.8, 4) is 0 Å². The van der Waals surface area contributed by atoms with Crippen LogP contribution in [0.25, 0.3) is 0 Å². The number of aromatic nitrogens is 2. The molecule has 0 radical (unpaired) electrons. The summed E-state index contributed by atoms with van der Waals surface area (Å²) < 4.78 is 1.89. The van der Waals surface area contributed by atoms with Gasteiger partial charge in [-0.05, 0) is 42.6 Å². The van der Waals surface area contributed by atoms with Gasteiger partial charge in [0.2, 0.25) is 0 Å². The van der Waals surface area contributed by atoms with Gasteiger partial charge in [-0.15, -0.1) is 0 Å². The predicted molar refractivity (Wildman–Crippen MR) is 94.5 cm³/mol. The summed E-state index contributed by atoms with van der Waals surface area (Å²) in [6.45, 7) is 5.69. The maximum absolute atomic E-state index is 4.52. The van der Waals surface area contributed by atoms with Crippen molar-refractivity contribution in [2.24, 2.45) is 23.4 Å². The van der Waals surface area contributed by atoms with E-state index in [1.165, 1.54) is 37.7 Å². The van der Waals surface area contributed by atoms with Crippen LogP contribution in [0.1, 0.15) is 44.6 Å². The van der Waals surface area contributed by atoms with E-state index in [9.17, 15) is 0 Å². The van der Waals surface area contributed by atoms with Crippen molar-refractivity contribution < 1.29 is 0 Å². The highest BCUT2D eigenvalue weighted by molar-refractivity contribution is 5.80. The Kier molecular flexibility index (Phi) is 4.93. The van der Waals surface area contributed by atoms with Gasteiger partial charge >= 0.3 is 0 Å². The van der Waals surface area contributed by atoms with Crippen molar-refractivity contribution in [1.82, 2.24) is 20.0 Å². The zero-order chi connectivity index (χ0) is 16.3. The molecule has 0 amide bonds. The second kappa shape index (κ2) is 6.93. The molecule has 2 heterocycles. The normalized spacial score (nSPS) is 24.4. The second-order valence-electron chi connectivity index (χ2n) is 7.75. The van der Waals surface area contributed by atoms with Crippen molar-refractivity contribution in [3.05, 3.63) is 18.0 Å². The van der Waals surface area contributed by atoms with E-state index in [2.05, 4.69) is 33.4 Å². The lowest BCUT2D eigenvalue weighted by molar-refractivity contribution is 0.327. The summed E-state index contributed by atoms with van der Waals surface area (Å²) in [7, 11) is 3.90. The first-order valence-corrected chi connectivity index (χ1v) is 9.01. The fraction of sp³-hybridized carbons (Fsp3) is 0.778. The highest BCUT2D eigenvalue weighted by atomic mass is 15.3. The number of nitrogens with zero attached hydrogens (tertiary/aromatic N) is 4. The van der Waals surface area contributed by atoms with Gasteiger partial charge in [-0.3, -0.25) is 9.67 Å². The summed E-state index contributed by atoms with van der Waals surface area (Å²) >= 11 is 0. The van der Waals surface area contributed by atoms with Crippen LogP contribution in [-0.2, 0) is 13.5 Å². The van der Waals surface area contributed by atoms with E-state index in [4.69, 9.17) is 0 Å². The van der Waals surface area contributed by atoms with Crippen LogP contribution >= 0.6 is 0 Å². The number of nitrogens with one attached hydrogen (secondary N) is 1. The van der Waals surface area contributed by atoms with Gasteiger partial charge in [-0.25, -0.2) is 0 Å². The molecule has 2 fully saturated rings. The highest BCUT2D eigenvalue weighted by Gasteiger charge is 2.30. The zero-order valence-corrected chi connectivity index (χ0v) is 14.9. The van der Waals surface area contributed by atoms with Gasteiger partial charge in [0.05, 0.1) is 6.20 Å². The number of likely N-dealkylation sites (tertiary alicyclic amines) is 1. The molecule has 1 aromatic rings. The van der Waals surface area contributed by atoms with Gasteiger partial charge < -0.3 is 10.2 Å². The largest absolute Gasteiger partial charge is 0.356 e. The molecular weight excluding hydrogens is 286 g/mol. The Bertz CT molecular complexity index is 541. The molecule has 1 saturated heterocycles. The average molecular weight is 317 g/mol. The fourth-order valence-electron chi connectivity index (χ4n) is 4.13. The molecule has 1 aliphatic carbocycles. The first-order chi connectivity index (χ1) is 11.1. The lowest BCUT2D eigenvalue weighted by Gasteiger charge is -2.28. The van der Waals surface area contributed by atoms with E-state index in [0.29, 0.717) is 11.3 Å². The van der Waals surface area contributed by atoms with Gasteiger partial charge in [0.15, 0.2) is 5.96 Å². The number of aliphatic imine (C=N–C) groups is 1. The van der Waals surface area contributed by atoms with Gasteiger partial charge in [0.25, 0.3) is 0 Å². The number of hydrogen-bond acceptors (Lipinski definition) is 2. The molecule has 0 spiro atoms. The summed E-state index contributed by atoms with van der Waals surface area (Å²) in [6.07, 6.45) is 12.0. The highest BCUT2D eigenvalue weighted by Crippen LogP contribution is 2.36. The van der Waals surface area contributed by atoms with Gasteiger partial charge in [0, 0.05) is 39.9 Å². The summed E-state index contributed by atoms with van der Waals surface area (Å²) in [4.78, 5) is 6.95. The number of aryl methyl sites for hydroxylation is 1. The minimum Gasteiger partial charge on any atom is -0.356 e. The molecule has 3 rings (SSSR count). The number of rotatable bonds is 4. The Labute approximate surface area is 140 Å². The standard InChI is InChI=1S/C18H31N5/c1-18(7-4-5-8-18)14-20-17(19-2)23-9-6-15(13-23)10-16-11-21-22(3)12-16/h11-12,15H,4-10,13-14H2,1-3H3,(H,19,20). The fourth-order valence-corrected chi connectivity index (χ4v) is 4.13. The predicted octanol–water partition coefficient (Wildman–Crippen LogP) is 2.44. The minimum atomic E-state index is 0.463. The molecule has 0 bridgehead atoms. The Morgan fingerprint density at radius 2 is 2.22 bits per heavy atom. The Balaban J connectivity index is 1.50. The van der Waals surface area contributed by atoms with Crippen LogP contribution in [0.15, 0.2) is 17.4 Å². The molecule has 23 heavy (non-hydrogen) atoms. The zero-order valence-electron chi connectivity index (χ0n) is 14.9. The van der Waals surface area contributed by atoms with Crippen LogP contribution in [0.5, 0.6) is 0 Å². The van der Waals surface area contributed by atoms with E-state index in [1.807, 2.05) is 25.0 Å². The van der Waals surface area contributed by atoms with Gasteiger partial charge in [0.1, 0.15) is 0 Å². The SMILES string of the molecule is CN=C(NCC1(C)CCCC1)N1CCC(Cc2cnn(C)c2)C1. The van der Waals surface area contributed by atoms with Crippen LogP contribution in [0, 0.1) is 11.3 Å². The molecule has 1 aromatic heterocycles. The molecular formula is C18H31N5. The molecule has 1 N–H and O–H groups in total. The lowest BCUT2D eigenvalue weighted by Crippen LogP contribution is -2.44. The molecule has 1 saturated carbocycles. The first-order valence-electron chi connectivity index (χ1n) is 9.01. The third-order valence-electron chi connectivity index (χ3n) is 5.56. The summed E-state index contributed by atoms with van der Waals surface area (Å²) in [5.41, 5.74) is 1.81. The molecule has 5 heteroatoms. The summed E-state index contributed by atoms with van der Waals surface area (Å²) in [6, 6.07) is 0. The monoisotopic (exact) mass is 317 g/mol. The molecule has 5 nitrogen and oxygen atoms in total. The van der Waals surface area contributed by atoms with Crippen LogP contribution in [0.4, 0.5) is 0 Å². The van der Waals surface area contributed by atoms with Crippen molar-refractivity contribution in [2.75, 3.05) is 26.7 Å². The van der Waals surface area contributed by atoms with E-state index in [0.717, 1.165) is 32.0 Å². The maximum Gasteiger partial charge on any atom is 0.193 e. The number of guanidine groups is 1.